The summed E-state index contributed by atoms with van der Waals surface area (Å²) in [4.78, 5) is 12.4. The molecule has 0 spiro atoms. The summed E-state index contributed by atoms with van der Waals surface area (Å²) in [6.07, 6.45) is 0. The Morgan fingerprint density at radius 1 is 1.53 bits per heavy atom. The average molecular weight is 262 g/mol. The molecule has 0 saturated carbocycles. The molecule has 1 aliphatic heterocycles. The normalized spacial score (nSPS) is 28.1. The van der Waals surface area contributed by atoms with Gasteiger partial charge in [0, 0.05) is 6.04 Å². The zero-order valence-corrected chi connectivity index (χ0v) is 11.8. The molecule has 19 heavy (non-hydrogen) atoms. The van der Waals surface area contributed by atoms with Gasteiger partial charge >= 0.3 is 0 Å². The quantitative estimate of drug-likeness (QED) is 0.868. The number of nitrogens with one attached hydrogen (secondary N) is 1. The summed E-state index contributed by atoms with van der Waals surface area (Å²) in [5, 5.41) is 3.05. The number of amides is 1. The number of nitrogens with two attached hydrogens (primary N) is 1. The van der Waals surface area contributed by atoms with E-state index in [0.29, 0.717) is 13.2 Å². The van der Waals surface area contributed by atoms with E-state index in [1.54, 1.807) is 0 Å². The fourth-order valence-corrected chi connectivity index (χ4v) is 2.43. The molecular formula is C15H22N2O2. The van der Waals surface area contributed by atoms with Crippen molar-refractivity contribution in [2.45, 2.75) is 32.9 Å². The Hall–Kier alpha value is -1.39. The van der Waals surface area contributed by atoms with Gasteiger partial charge in [0.2, 0.25) is 5.91 Å². The zero-order valence-electron chi connectivity index (χ0n) is 11.8. The molecule has 1 fully saturated rings. The van der Waals surface area contributed by atoms with Gasteiger partial charge in [0.1, 0.15) is 0 Å². The van der Waals surface area contributed by atoms with Gasteiger partial charge < -0.3 is 15.8 Å². The van der Waals surface area contributed by atoms with Crippen LogP contribution in [-0.2, 0) is 9.53 Å². The molecular weight excluding hydrogens is 240 g/mol. The molecule has 104 valence electrons. The van der Waals surface area contributed by atoms with Gasteiger partial charge in [-0.25, -0.2) is 0 Å². The Morgan fingerprint density at radius 2 is 2.21 bits per heavy atom. The van der Waals surface area contributed by atoms with E-state index in [0.717, 1.165) is 5.56 Å². The average Bonchev–Trinajstić information content (AvgIpc) is 2.71. The van der Waals surface area contributed by atoms with Gasteiger partial charge in [-0.15, -0.1) is 0 Å². The van der Waals surface area contributed by atoms with Gasteiger partial charge in [0.25, 0.3) is 0 Å². The monoisotopic (exact) mass is 262 g/mol. The molecule has 1 heterocycles. The number of rotatable bonds is 3. The highest BCUT2D eigenvalue weighted by Crippen LogP contribution is 2.28. The number of carbonyl (C=O) groups excluding carboxylic acids is 1. The van der Waals surface area contributed by atoms with E-state index in [1.807, 2.05) is 45.0 Å². The maximum atomic E-state index is 12.4. The summed E-state index contributed by atoms with van der Waals surface area (Å²) >= 11 is 0. The molecule has 3 atom stereocenters. The molecule has 0 aliphatic carbocycles. The van der Waals surface area contributed by atoms with Crippen LogP contribution in [0.4, 0.5) is 0 Å². The highest BCUT2D eigenvalue weighted by Gasteiger charge is 2.44. The first kappa shape index (κ1) is 14.0. The summed E-state index contributed by atoms with van der Waals surface area (Å²) in [7, 11) is 0. The SMILES string of the molecule is Cc1ccccc1[C@@H](C)NC(=O)C1(C)COCC1N. The Bertz CT molecular complexity index is 475. The smallest absolute Gasteiger partial charge is 0.230 e. The minimum absolute atomic E-state index is 0.0293. The van der Waals surface area contributed by atoms with Gasteiger partial charge in [-0.3, -0.25) is 4.79 Å². The van der Waals surface area contributed by atoms with Crippen LogP contribution in [-0.4, -0.2) is 25.2 Å². The first-order valence-corrected chi connectivity index (χ1v) is 6.65. The van der Waals surface area contributed by atoms with Crippen molar-refractivity contribution in [1.29, 1.82) is 0 Å². The van der Waals surface area contributed by atoms with E-state index in [9.17, 15) is 4.79 Å². The topological polar surface area (TPSA) is 64.3 Å². The first-order valence-electron chi connectivity index (χ1n) is 6.65. The number of hydrogen-bond acceptors (Lipinski definition) is 3. The van der Waals surface area contributed by atoms with Crippen molar-refractivity contribution >= 4 is 5.91 Å². The van der Waals surface area contributed by atoms with Crippen LogP contribution >= 0.6 is 0 Å². The minimum Gasteiger partial charge on any atom is -0.379 e. The summed E-state index contributed by atoms with van der Waals surface area (Å²) < 4.78 is 5.32. The highest BCUT2D eigenvalue weighted by atomic mass is 16.5. The Kier molecular flexibility index (Phi) is 3.92. The van der Waals surface area contributed by atoms with Crippen molar-refractivity contribution in [1.82, 2.24) is 5.32 Å². The molecule has 1 saturated heterocycles. The molecule has 2 rings (SSSR count). The van der Waals surface area contributed by atoms with Crippen LogP contribution in [0.3, 0.4) is 0 Å². The lowest BCUT2D eigenvalue weighted by molar-refractivity contribution is -0.131. The molecule has 1 amide bonds. The molecule has 0 bridgehead atoms. The largest absolute Gasteiger partial charge is 0.379 e. The first-order chi connectivity index (χ1) is 8.95. The second kappa shape index (κ2) is 5.31. The fraction of sp³-hybridized carbons (Fsp3) is 0.533. The van der Waals surface area contributed by atoms with E-state index >= 15 is 0 Å². The molecule has 1 aliphatic rings. The lowest BCUT2D eigenvalue weighted by Crippen LogP contribution is -2.50. The predicted octanol–water partition coefficient (Wildman–Crippen LogP) is 1.54. The third kappa shape index (κ3) is 2.65. The van der Waals surface area contributed by atoms with E-state index in [1.165, 1.54) is 5.56 Å². The van der Waals surface area contributed by atoms with Crippen LogP contribution in [0.25, 0.3) is 0 Å². The third-order valence-electron chi connectivity index (χ3n) is 4.04. The molecule has 2 unspecified atom stereocenters. The number of hydrogen-bond donors (Lipinski definition) is 2. The Morgan fingerprint density at radius 3 is 2.79 bits per heavy atom. The summed E-state index contributed by atoms with van der Waals surface area (Å²) in [5.41, 5.74) is 7.65. The van der Waals surface area contributed by atoms with Crippen LogP contribution in [0.5, 0.6) is 0 Å². The molecule has 4 heteroatoms. The second-order valence-electron chi connectivity index (χ2n) is 5.59. The van der Waals surface area contributed by atoms with Crippen molar-refractivity contribution in [3.05, 3.63) is 35.4 Å². The second-order valence-corrected chi connectivity index (χ2v) is 5.59. The summed E-state index contributed by atoms with van der Waals surface area (Å²) in [5.74, 6) is -0.0340. The number of aryl methyl sites for hydroxylation is 1. The van der Waals surface area contributed by atoms with Gasteiger partial charge in [0.05, 0.1) is 24.7 Å². The van der Waals surface area contributed by atoms with Crippen molar-refractivity contribution in [3.63, 3.8) is 0 Å². The maximum absolute atomic E-state index is 12.4. The Labute approximate surface area is 114 Å². The number of ether oxygens (including phenoxy) is 1. The molecule has 4 nitrogen and oxygen atoms in total. The predicted molar refractivity (Wildman–Crippen MR) is 74.6 cm³/mol. The lowest BCUT2D eigenvalue weighted by Gasteiger charge is -2.28. The van der Waals surface area contributed by atoms with E-state index in [2.05, 4.69) is 5.32 Å². The number of carbonyl (C=O) groups is 1. The van der Waals surface area contributed by atoms with E-state index < -0.39 is 5.41 Å². The maximum Gasteiger partial charge on any atom is 0.230 e. The zero-order chi connectivity index (χ0) is 14.0. The molecule has 0 radical (unpaired) electrons. The van der Waals surface area contributed by atoms with E-state index in [-0.39, 0.29) is 18.0 Å². The van der Waals surface area contributed by atoms with Gasteiger partial charge in [0.15, 0.2) is 0 Å². The Balaban J connectivity index is 2.09. The van der Waals surface area contributed by atoms with Crippen LogP contribution in [0, 0.1) is 12.3 Å². The van der Waals surface area contributed by atoms with Crippen LogP contribution < -0.4 is 11.1 Å². The molecule has 0 aromatic heterocycles. The van der Waals surface area contributed by atoms with Gasteiger partial charge in [-0.05, 0) is 31.9 Å². The van der Waals surface area contributed by atoms with Crippen molar-refractivity contribution in [3.8, 4) is 0 Å². The van der Waals surface area contributed by atoms with Crippen LogP contribution in [0.2, 0.25) is 0 Å². The highest BCUT2D eigenvalue weighted by molar-refractivity contribution is 5.84. The van der Waals surface area contributed by atoms with Crippen molar-refractivity contribution in [2.75, 3.05) is 13.2 Å². The van der Waals surface area contributed by atoms with Crippen LogP contribution in [0.15, 0.2) is 24.3 Å². The van der Waals surface area contributed by atoms with Crippen LogP contribution in [0.1, 0.15) is 31.0 Å². The van der Waals surface area contributed by atoms with Crippen molar-refractivity contribution in [2.24, 2.45) is 11.1 Å². The number of benzene rings is 1. The van der Waals surface area contributed by atoms with Gasteiger partial charge in [-0.1, -0.05) is 24.3 Å². The van der Waals surface area contributed by atoms with Gasteiger partial charge in [-0.2, -0.15) is 0 Å². The molecule has 1 aromatic carbocycles. The lowest BCUT2D eigenvalue weighted by atomic mass is 9.84. The minimum atomic E-state index is -0.628. The van der Waals surface area contributed by atoms with E-state index in [4.69, 9.17) is 10.5 Å². The molecule has 1 aromatic rings. The standard InChI is InChI=1S/C15H22N2O2/c1-10-6-4-5-7-12(10)11(2)17-14(18)15(3)9-19-8-13(15)16/h4-7,11,13H,8-9,16H2,1-3H3,(H,17,18)/t11-,13?,15?/m1/s1. The molecule has 3 N–H and O–H groups in total. The van der Waals surface area contributed by atoms with Crippen molar-refractivity contribution < 1.29 is 9.53 Å². The third-order valence-corrected chi connectivity index (χ3v) is 4.04. The fourth-order valence-electron chi connectivity index (χ4n) is 2.43. The summed E-state index contributed by atoms with van der Waals surface area (Å²) in [6.45, 7) is 6.74. The summed E-state index contributed by atoms with van der Waals surface area (Å²) in [6, 6.07) is 7.79.